The Morgan fingerprint density at radius 3 is 2.74 bits per heavy atom. The van der Waals surface area contributed by atoms with E-state index in [1.165, 1.54) is 6.08 Å². The van der Waals surface area contributed by atoms with Crippen molar-refractivity contribution >= 4 is 11.8 Å². The molecule has 3 saturated heterocycles. The fourth-order valence-corrected chi connectivity index (χ4v) is 9.91. The summed E-state index contributed by atoms with van der Waals surface area (Å²) in [6.45, 7) is 4.67. The van der Waals surface area contributed by atoms with Crippen LogP contribution in [-0.2, 0) is 38.0 Å². The summed E-state index contributed by atoms with van der Waals surface area (Å²) in [5, 5.41) is 24.2. The lowest BCUT2D eigenvalue weighted by atomic mass is 9.43. The fourth-order valence-electron chi connectivity index (χ4n) is 9.91. The molecule has 0 aromatic heterocycles. The van der Waals surface area contributed by atoms with E-state index in [2.05, 4.69) is 13.0 Å². The SMILES string of the molecule is C[C@]12[C@H](O)C(=O)C3C(CCC4=C[C@H]5O[C@@H]6OCC[C@H]7OCO[C@@]67O[C@@H]5C[C@@]43C)[C@@]1(O)CC[C@@H]2C1=CC(=O)OC1. The van der Waals surface area contributed by atoms with E-state index >= 15 is 0 Å². The first-order valence-corrected chi connectivity index (χ1v) is 14.3. The lowest BCUT2D eigenvalue weighted by molar-refractivity contribution is -0.421. The molecule has 8 rings (SSSR count). The zero-order chi connectivity index (χ0) is 26.9. The molecule has 4 heterocycles. The molecular weight excluding hydrogens is 508 g/mol. The maximum Gasteiger partial charge on any atom is 0.331 e. The number of Topliss-reactive ketones (excluding diaryl/α,β-unsaturated/α-hetero) is 1. The first-order valence-electron chi connectivity index (χ1n) is 14.3. The van der Waals surface area contributed by atoms with Crippen LogP contribution in [-0.4, -0.2) is 84.1 Å². The third-order valence-electron chi connectivity index (χ3n) is 11.9. The van der Waals surface area contributed by atoms with Crippen LogP contribution in [0.2, 0.25) is 0 Å². The number of ether oxygens (including phenoxy) is 6. The molecule has 0 amide bonds. The Morgan fingerprint density at radius 1 is 1.10 bits per heavy atom. The van der Waals surface area contributed by atoms with Crippen molar-refractivity contribution in [3.8, 4) is 0 Å². The van der Waals surface area contributed by atoms with Crippen molar-refractivity contribution in [1.82, 2.24) is 0 Å². The number of esters is 1. The molecule has 0 radical (unpaired) electrons. The van der Waals surface area contributed by atoms with E-state index in [-0.39, 0.29) is 43.2 Å². The first-order chi connectivity index (χ1) is 18.6. The second-order valence-electron chi connectivity index (χ2n) is 13.3. The summed E-state index contributed by atoms with van der Waals surface area (Å²) in [5.41, 5.74) is -1.11. The van der Waals surface area contributed by atoms with E-state index in [1.54, 1.807) is 0 Å². The minimum absolute atomic E-state index is 0.110. The lowest BCUT2D eigenvalue weighted by Crippen LogP contribution is -2.71. The van der Waals surface area contributed by atoms with Crippen molar-refractivity contribution in [3.63, 3.8) is 0 Å². The highest BCUT2D eigenvalue weighted by Crippen LogP contribution is 2.69. The molecule has 39 heavy (non-hydrogen) atoms. The third kappa shape index (κ3) is 2.96. The number of aliphatic hydroxyl groups excluding tert-OH is 1. The van der Waals surface area contributed by atoms with E-state index in [9.17, 15) is 19.8 Å². The summed E-state index contributed by atoms with van der Waals surface area (Å²) in [7, 11) is 0. The average Bonchev–Trinajstić information content (AvgIpc) is 3.60. The smallest absolute Gasteiger partial charge is 0.331 e. The molecular formula is C29H36O10. The van der Waals surface area contributed by atoms with Crippen LogP contribution in [0.25, 0.3) is 0 Å². The minimum atomic E-state index is -1.36. The number of fused-ring (bicyclic) bond motifs is 6. The molecule has 0 aromatic rings. The topological polar surface area (TPSA) is 130 Å². The van der Waals surface area contributed by atoms with Gasteiger partial charge in [-0.1, -0.05) is 25.5 Å². The van der Waals surface area contributed by atoms with Crippen molar-refractivity contribution < 1.29 is 48.2 Å². The molecule has 12 atom stereocenters. The largest absolute Gasteiger partial charge is 0.458 e. The van der Waals surface area contributed by atoms with Gasteiger partial charge >= 0.3 is 5.97 Å². The fraction of sp³-hybridized carbons (Fsp3) is 0.793. The highest BCUT2D eigenvalue weighted by Gasteiger charge is 2.74. The average molecular weight is 545 g/mol. The maximum atomic E-state index is 14.3. The monoisotopic (exact) mass is 544 g/mol. The molecule has 0 bridgehead atoms. The van der Waals surface area contributed by atoms with Gasteiger partial charge in [0.25, 0.3) is 0 Å². The molecule has 2 N–H and O–H groups in total. The molecule has 1 spiro atoms. The Kier molecular flexibility index (Phi) is 5.14. The molecule has 10 heteroatoms. The van der Waals surface area contributed by atoms with Crippen molar-refractivity contribution in [3.05, 3.63) is 23.3 Å². The molecule has 4 aliphatic heterocycles. The highest BCUT2D eigenvalue weighted by molar-refractivity contribution is 5.90. The zero-order valence-electron chi connectivity index (χ0n) is 22.3. The second-order valence-corrected chi connectivity index (χ2v) is 13.3. The summed E-state index contributed by atoms with van der Waals surface area (Å²) in [6.07, 6.45) is 4.03. The Morgan fingerprint density at radius 2 is 1.95 bits per heavy atom. The number of hydrogen-bond acceptors (Lipinski definition) is 10. The Hall–Kier alpha value is -1.66. The minimum Gasteiger partial charge on any atom is -0.458 e. The second kappa shape index (κ2) is 8.00. The molecule has 10 nitrogen and oxygen atoms in total. The van der Waals surface area contributed by atoms with E-state index in [0.717, 1.165) is 17.6 Å². The normalized spacial score (nSPS) is 55.8. The summed E-state index contributed by atoms with van der Waals surface area (Å²) in [6, 6.07) is 0. The molecule has 212 valence electrons. The number of ketones is 1. The van der Waals surface area contributed by atoms with Gasteiger partial charge in [0.1, 0.15) is 24.9 Å². The summed E-state index contributed by atoms with van der Waals surface area (Å²) in [4.78, 5) is 26.1. The van der Waals surface area contributed by atoms with E-state index < -0.39 is 52.6 Å². The molecule has 6 fully saturated rings. The van der Waals surface area contributed by atoms with E-state index in [0.29, 0.717) is 38.7 Å². The van der Waals surface area contributed by atoms with Crippen LogP contribution in [0.3, 0.4) is 0 Å². The van der Waals surface area contributed by atoms with Gasteiger partial charge in [-0.15, -0.1) is 0 Å². The number of carbonyl (C=O) groups is 2. The highest BCUT2D eigenvalue weighted by atomic mass is 16.9. The van der Waals surface area contributed by atoms with Crippen molar-refractivity contribution in [2.45, 2.75) is 94.5 Å². The van der Waals surface area contributed by atoms with Crippen LogP contribution >= 0.6 is 0 Å². The van der Waals surface area contributed by atoms with Crippen LogP contribution in [0.15, 0.2) is 23.3 Å². The molecule has 0 aromatic carbocycles. The zero-order valence-corrected chi connectivity index (χ0v) is 22.3. The van der Waals surface area contributed by atoms with Gasteiger partial charge in [-0.3, -0.25) is 4.79 Å². The summed E-state index contributed by atoms with van der Waals surface area (Å²) in [5.74, 6) is -2.97. The van der Waals surface area contributed by atoms with Crippen LogP contribution in [0.5, 0.6) is 0 Å². The standard InChI is InChI=1S/C29H36O10/c1-26-11-19-18(38-25-29(39-19)20(6-8-34-25)36-13-37-29)10-15(26)3-4-17-22(26)23(31)24(32)27(2)16(5-7-28(17,27)33)14-9-21(30)35-12-14/h9-10,16-20,22,24-25,32-33H,3-8,11-13H2,1-2H3/t16-,17?,18-,19-,20-,22?,24-,25+,26+,27+,28+,29+/m1/s1. The van der Waals surface area contributed by atoms with E-state index in [1.807, 2.05) is 6.92 Å². The van der Waals surface area contributed by atoms with Crippen molar-refractivity contribution in [1.29, 1.82) is 0 Å². The predicted octanol–water partition coefficient (Wildman–Crippen LogP) is 1.52. The number of hydrogen-bond donors (Lipinski definition) is 2. The number of cyclic esters (lactones) is 1. The summed E-state index contributed by atoms with van der Waals surface area (Å²) < 4.78 is 35.9. The van der Waals surface area contributed by atoms with E-state index in [4.69, 9.17) is 28.4 Å². The Bertz CT molecular complexity index is 1200. The van der Waals surface area contributed by atoms with Crippen molar-refractivity contribution in [2.24, 2.45) is 28.6 Å². The quantitative estimate of drug-likeness (QED) is 0.370. The van der Waals surface area contributed by atoms with Gasteiger partial charge in [-0.25, -0.2) is 4.79 Å². The van der Waals surface area contributed by atoms with Crippen LogP contribution in [0.1, 0.15) is 52.4 Å². The van der Waals surface area contributed by atoms with Crippen LogP contribution in [0, 0.1) is 28.6 Å². The van der Waals surface area contributed by atoms with Crippen molar-refractivity contribution in [2.75, 3.05) is 20.0 Å². The number of carbonyl (C=O) groups excluding carboxylic acids is 2. The van der Waals surface area contributed by atoms with Crippen LogP contribution in [0.4, 0.5) is 0 Å². The molecule has 8 aliphatic rings. The number of aliphatic hydroxyl groups is 2. The molecule has 4 aliphatic carbocycles. The Balaban J connectivity index is 1.16. The maximum absolute atomic E-state index is 14.3. The van der Waals surface area contributed by atoms with Gasteiger partial charge < -0.3 is 38.6 Å². The number of rotatable bonds is 1. The number of allylic oxidation sites excluding steroid dienone is 1. The first kappa shape index (κ1) is 25.1. The lowest BCUT2D eigenvalue weighted by Gasteiger charge is -2.63. The van der Waals surface area contributed by atoms with Gasteiger partial charge in [0, 0.05) is 29.2 Å². The van der Waals surface area contributed by atoms with Gasteiger partial charge in [0.05, 0.1) is 18.3 Å². The molecule has 2 unspecified atom stereocenters. The van der Waals surface area contributed by atoms with Crippen LogP contribution < -0.4 is 0 Å². The predicted molar refractivity (Wildman–Crippen MR) is 131 cm³/mol. The van der Waals surface area contributed by atoms with Gasteiger partial charge in [-0.2, -0.15) is 0 Å². The Labute approximate surface area is 226 Å². The molecule has 3 saturated carbocycles. The van der Waals surface area contributed by atoms with Gasteiger partial charge in [0.2, 0.25) is 12.1 Å². The van der Waals surface area contributed by atoms with Gasteiger partial charge in [0.15, 0.2) is 12.6 Å². The summed E-state index contributed by atoms with van der Waals surface area (Å²) >= 11 is 0. The van der Waals surface area contributed by atoms with Gasteiger partial charge in [-0.05, 0) is 49.5 Å². The third-order valence-corrected chi connectivity index (χ3v) is 11.9.